The van der Waals surface area contributed by atoms with Gasteiger partial charge in [0.15, 0.2) is 5.76 Å². The fourth-order valence-corrected chi connectivity index (χ4v) is 2.76. The molecule has 0 bridgehead atoms. The number of benzene rings is 1. The quantitative estimate of drug-likeness (QED) is 0.547. The van der Waals surface area contributed by atoms with E-state index in [4.69, 9.17) is 4.52 Å². The maximum atomic E-state index is 12.7. The summed E-state index contributed by atoms with van der Waals surface area (Å²) in [6.07, 6.45) is 8.69. The third-order valence-corrected chi connectivity index (χ3v) is 4.19. The van der Waals surface area contributed by atoms with Gasteiger partial charge in [-0.05, 0) is 36.4 Å². The van der Waals surface area contributed by atoms with Crippen molar-refractivity contribution in [3.8, 4) is 16.9 Å². The zero-order valence-electron chi connectivity index (χ0n) is 14.7. The minimum absolute atomic E-state index is 0.0888. The van der Waals surface area contributed by atoms with Crippen LogP contribution in [-0.4, -0.2) is 37.5 Å². The van der Waals surface area contributed by atoms with E-state index in [9.17, 15) is 4.79 Å². The Morgan fingerprint density at radius 2 is 1.85 bits per heavy atom. The van der Waals surface area contributed by atoms with Crippen LogP contribution in [0.15, 0.2) is 78.1 Å². The van der Waals surface area contributed by atoms with E-state index in [1.807, 2.05) is 41.1 Å². The van der Waals surface area contributed by atoms with Gasteiger partial charge in [-0.25, -0.2) is 4.98 Å². The van der Waals surface area contributed by atoms with Crippen molar-refractivity contribution in [3.05, 3.63) is 84.9 Å². The van der Waals surface area contributed by atoms with Crippen LogP contribution in [-0.2, 0) is 6.54 Å². The van der Waals surface area contributed by atoms with E-state index in [2.05, 4.69) is 15.1 Å². The van der Waals surface area contributed by atoms with Crippen LogP contribution in [0.25, 0.3) is 16.9 Å². The molecule has 7 heteroatoms. The van der Waals surface area contributed by atoms with E-state index in [-0.39, 0.29) is 5.91 Å². The largest absolute Gasteiger partial charge is 0.359 e. The lowest BCUT2D eigenvalue weighted by molar-refractivity contribution is 0.0772. The molecule has 3 heterocycles. The first-order valence-corrected chi connectivity index (χ1v) is 8.40. The van der Waals surface area contributed by atoms with E-state index < -0.39 is 0 Å². The van der Waals surface area contributed by atoms with E-state index in [0.29, 0.717) is 17.9 Å². The molecule has 0 spiro atoms. The minimum atomic E-state index is -0.0888. The first-order valence-electron chi connectivity index (χ1n) is 8.40. The molecule has 0 aliphatic rings. The van der Waals surface area contributed by atoms with Gasteiger partial charge in [0.25, 0.3) is 5.91 Å². The van der Waals surface area contributed by atoms with Gasteiger partial charge in [0.2, 0.25) is 0 Å². The summed E-state index contributed by atoms with van der Waals surface area (Å²) in [5, 5.41) is 4.06. The van der Waals surface area contributed by atoms with E-state index in [1.54, 1.807) is 49.0 Å². The third kappa shape index (κ3) is 3.62. The molecule has 3 aromatic heterocycles. The number of nitrogens with zero attached hydrogens (tertiary/aromatic N) is 5. The van der Waals surface area contributed by atoms with Gasteiger partial charge in [-0.3, -0.25) is 9.78 Å². The van der Waals surface area contributed by atoms with Crippen LogP contribution >= 0.6 is 0 Å². The summed E-state index contributed by atoms with van der Waals surface area (Å²) < 4.78 is 7.25. The molecule has 0 saturated carbocycles. The van der Waals surface area contributed by atoms with Crippen molar-refractivity contribution in [2.45, 2.75) is 6.54 Å². The average molecular weight is 359 g/mol. The van der Waals surface area contributed by atoms with Gasteiger partial charge in [0.1, 0.15) is 5.69 Å². The van der Waals surface area contributed by atoms with Crippen LogP contribution in [0.2, 0.25) is 0 Å². The lowest BCUT2D eigenvalue weighted by atomic mass is 10.1. The van der Waals surface area contributed by atoms with E-state index >= 15 is 0 Å². The maximum absolute atomic E-state index is 12.7. The lowest BCUT2D eigenvalue weighted by Gasteiger charge is -2.15. The first kappa shape index (κ1) is 16.7. The van der Waals surface area contributed by atoms with Gasteiger partial charge in [-0.2, -0.15) is 0 Å². The number of imidazole rings is 1. The molecule has 0 aliphatic carbocycles. The number of pyridine rings is 1. The van der Waals surface area contributed by atoms with Gasteiger partial charge < -0.3 is 14.0 Å². The van der Waals surface area contributed by atoms with Crippen molar-refractivity contribution in [2.24, 2.45) is 0 Å². The molecular weight excluding hydrogens is 342 g/mol. The molecule has 7 nitrogen and oxygen atoms in total. The second-order valence-electron chi connectivity index (χ2n) is 6.09. The summed E-state index contributed by atoms with van der Waals surface area (Å²) in [7, 11) is 1.74. The summed E-state index contributed by atoms with van der Waals surface area (Å²) in [5.41, 5.74) is 3.20. The highest BCUT2D eigenvalue weighted by atomic mass is 16.5. The van der Waals surface area contributed by atoms with Crippen LogP contribution in [0.5, 0.6) is 0 Å². The van der Waals surface area contributed by atoms with Crippen molar-refractivity contribution in [1.82, 2.24) is 24.6 Å². The second-order valence-corrected chi connectivity index (χ2v) is 6.09. The molecule has 0 atom stereocenters. The molecule has 0 radical (unpaired) electrons. The SMILES string of the molecule is CN(Cc1cc(-c2ccncc2)no1)C(=O)c1ccc(-n2ccnc2)cc1. The Morgan fingerprint density at radius 1 is 1.07 bits per heavy atom. The van der Waals surface area contributed by atoms with Crippen molar-refractivity contribution in [2.75, 3.05) is 7.05 Å². The Bertz CT molecular complexity index is 1020. The fourth-order valence-electron chi connectivity index (χ4n) is 2.76. The number of amides is 1. The smallest absolute Gasteiger partial charge is 0.254 e. The third-order valence-electron chi connectivity index (χ3n) is 4.19. The Labute approximate surface area is 155 Å². The molecule has 4 aromatic rings. The Morgan fingerprint density at radius 3 is 2.56 bits per heavy atom. The molecule has 0 N–H and O–H groups in total. The molecule has 0 aliphatic heterocycles. The maximum Gasteiger partial charge on any atom is 0.254 e. The van der Waals surface area contributed by atoms with Crippen molar-refractivity contribution in [1.29, 1.82) is 0 Å². The molecule has 0 unspecified atom stereocenters. The number of carbonyl (C=O) groups excluding carboxylic acids is 1. The normalized spacial score (nSPS) is 10.7. The summed E-state index contributed by atoms with van der Waals surface area (Å²) >= 11 is 0. The summed E-state index contributed by atoms with van der Waals surface area (Å²) in [6, 6.07) is 12.9. The molecule has 1 aromatic carbocycles. The van der Waals surface area contributed by atoms with Gasteiger partial charge in [0.05, 0.1) is 12.9 Å². The number of hydrogen-bond acceptors (Lipinski definition) is 5. The monoisotopic (exact) mass is 359 g/mol. The molecule has 1 amide bonds. The highest BCUT2D eigenvalue weighted by Crippen LogP contribution is 2.19. The van der Waals surface area contributed by atoms with Crippen molar-refractivity contribution >= 4 is 5.91 Å². The Hall–Kier alpha value is -3.74. The highest BCUT2D eigenvalue weighted by molar-refractivity contribution is 5.94. The van der Waals surface area contributed by atoms with Gasteiger partial charge in [0, 0.05) is 54.7 Å². The average Bonchev–Trinajstić information content (AvgIpc) is 3.40. The predicted octanol–water partition coefficient (Wildman–Crippen LogP) is 3.19. The number of carbonyl (C=O) groups is 1. The zero-order valence-corrected chi connectivity index (χ0v) is 14.7. The number of rotatable bonds is 5. The minimum Gasteiger partial charge on any atom is -0.359 e. The Kier molecular flexibility index (Phi) is 4.49. The summed E-state index contributed by atoms with van der Waals surface area (Å²) in [4.78, 5) is 22.3. The van der Waals surface area contributed by atoms with Crippen LogP contribution < -0.4 is 0 Å². The topological polar surface area (TPSA) is 77.0 Å². The van der Waals surface area contributed by atoms with Crippen molar-refractivity contribution in [3.63, 3.8) is 0 Å². The lowest BCUT2D eigenvalue weighted by Crippen LogP contribution is -2.25. The molecule has 0 fully saturated rings. The van der Waals surface area contributed by atoms with Gasteiger partial charge in [-0.15, -0.1) is 0 Å². The van der Waals surface area contributed by atoms with E-state index in [0.717, 1.165) is 16.9 Å². The zero-order chi connectivity index (χ0) is 18.6. The summed E-state index contributed by atoms with van der Waals surface area (Å²) in [6.45, 7) is 0.334. The van der Waals surface area contributed by atoms with E-state index in [1.165, 1.54) is 0 Å². The predicted molar refractivity (Wildman–Crippen MR) is 99.1 cm³/mol. The number of hydrogen-bond donors (Lipinski definition) is 0. The highest BCUT2D eigenvalue weighted by Gasteiger charge is 2.15. The molecule has 0 saturated heterocycles. The second kappa shape index (κ2) is 7.25. The summed E-state index contributed by atoms with van der Waals surface area (Å²) in [5.74, 6) is 0.529. The van der Waals surface area contributed by atoms with Crippen LogP contribution in [0.1, 0.15) is 16.1 Å². The molecular formula is C20H17N5O2. The van der Waals surface area contributed by atoms with Crippen LogP contribution in [0, 0.1) is 0 Å². The van der Waals surface area contributed by atoms with Gasteiger partial charge in [-0.1, -0.05) is 5.16 Å². The van der Waals surface area contributed by atoms with Crippen LogP contribution in [0.4, 0.5) is 0 Å². The van der Waals surface area contributed by atoms with Crippen LogP contribution in [0.3, 0.4) is 0 Å². The molecule has 4 rings (SSSR count). The van der Waals surface area contributed by atoms with Crippen molar-refractivity contribution < 1.29 is 9.32 Å². The fraction of sp³-hybridized carbons (Fsp3) is 0.100. The number of aromatic nitrogens is 4. The molecule has 134 valence electrons. The molecule has 27 heavy (non-hydrogen) atoms. The first-order chi connectivity index (χ1) is 13.2. The Balaban J connectivity index is 1.44. The van der Waals surface area contributed by atoms with Gasteiger partial charge >= 0.3 is 0 Å². The standard InChI is InChI=1S/C20H17N5O2/c1-24(13-18-12-19(23-27-18)15-6-8-21-9-7-15)20(26)16-2-4-17(5-3-16)25-11-10-22-14-25/h2-12,14H,13H2,1H3.